The number of nitrogens with one attached hydrogen (secondary N) is 1. The average Bonchev–Trinajstić information content (AvgIpc) is 3.03. The second-order valence-corrected chi connectivity index (χ2v) is 5.46. The molecule has 1 saturated heterocycles. The summed E-state index contributed by atoms with van der Waals surface area (Å²) in [6.45, 7) is 0. The zero-order valence-electron chi connectivity index (χ0n) is 10.4. The summed E-state index contributed by atoms with van der Waals surface area (Å²) in [6, 6.07) is 2.89. The Morgan fingerprint density at radius 2 is 2.10 bits per heavy atom. The minimum atomic E-state index is -1.11. The van der Waals surface area contributed by atoms with Gasteiger partial charge < -0.3 is 0 Å². The Labute approximate surface area is 121 Å². The van der Waals surface area contributed by atoms with E-state index in [1.54, 1.807) is 0 Å². The Hall–Kier alpha value is -2.29. The molecule has 1 aromatic heterocycles. The number of aromatic nitrogens is 3. The molecule has 21 heavy (non-hydrogen) atoms. The standard InChI is InChI=1S/C12H8F2N4O2S/c13-7-2-1-6(3-8(7)14)18-10(19)4-9(11(18)20)21-12-15-5-16-17-12/h1-3,5,9H,4H2,(H,15,16,17)/t9-/m0/s1. The summed E-state index contributed by atoms with van der Waals surface area (Å²) in [5.74, 6) is -3.11. The quantitative estimate of drug-likeness (QED) is 0.869. The van der Waals surface area contributed by atoms with Crippen molar-refractivity contribution < 1.29 is 18.4 Å². The number of hydrogen-bond acceptors (Lipinski definition) is 5. The smallest absolute Gasteiger partial charge is 0.247 e. The molecule has 1 aliphatic heterocycles. The van der Waals surface area contributed by atoms with Crippen molar-refractivity contribution in [3.63, 3.8) is 0 Å². The van der Waals surface area contributed by atoms with Gasteiger partial charge in [0.15, 0.2) is 16.8 Å². The molecule has 1 fully saturated rings. The Morgan fingerprint density at radius 1 is 1.29 bits per heavy atom. The number of imide groups is 1. The van der Waals surface area contributed by atoms with E-state index in [2.05, 4.69) is 15.2 Å². The summed E-state index contributed by atoms with van der Waals surface area (Å²) in [7, 11) is 0. The third-order valence-corrected chi connectivity index (χ3v) is 3.99. The fraction of sp³-hybridized carbons (Fsp3) is 0.167. The lowest BCUT2D eigenvalue weighted by Crippen LogP contribution is -2.31. The first-order valence-electron chi connectivity index (χ1n) is 5.90. The minimum Gasteiger partial charge on any atom is -0.274 e. The predicted octanol–water partition coefficient (Wildman–Crippen LogP) is 1.51. The van der Waals surface area contributed by atoms with Gasteiger partial charge in [-0.15, -0.1) is 0 Å². The summed E-state index contributed by atoms with van der Waals surface area (Å²) in [5.41, 5.74) is 0.0181. The van der Waals surface area contributed by atoms with Crippen molar-refractivity contribution in [1.82, 2.24) is 15.2 Å². The van der Waals surface area contributed by atoms with Crippen molar-refractivity contribution in [2.75, 3.05) is 4.90 Å². The Morgan fingerprint density at radius 3 is 2.76 bits per heavy atom. The molecule has 1 aromatic carbocycles. The van der Waals surface area contributed by atoms with Crippen LogP contribution in [0.25, 0.3) is 0 Å². The molecule has 0 bridgehead atoms. The Bertz CT molecular complexity index is 707. The van der Waals surface area contributed by atoms with Gasteiger partial charge in [-0.25, -0.2) is 18.7 Å². The molecular weight excluding hydrogens is 302 g/mol. The van der Waals surface area contributed by atoms with E-state index < -0.39 is 28.7 Å². The summed E-state index contributed by atoms with van der Waals surface area (Å²) < 4.78 is 26.2. The van der Waals surface area contributed by atoms with Crippen molar-refractivity contribution in [3.8, 4) is 0 Å². The molecule has 0 saturated carbocycles. The molecule has 1 aliphatic rings. The molecule has 6 nitrogen and oxygen atoms in total. The number of nitrogens with zero attached hydrogens (tertiary/aromatic N) is 3. The average molecular weight is 310 g/mol. The SMILES string of the molecule is O=C1C[C@H](Sc2ncn[nH]2)C(=O)N1c1ccc(F)c(F)c1. The van der Waals surface area contributed by atoms with Gasteiger partial charge in [-0.05, 0) is 12.1 Å². The highest BCUT2D eigenvalue weighted by Crippen LogP contribution is 2.32. The highest BCUT2D eigenvalue weighted by atomic mass is 32.2. The first-order valence-corrected chi connectivity index (χ1v) is 6.78. The van der Waals surface area contributed by atoms with Crippen LogP contribution in [0.5, 0.6) is 0 Å². The molecule has 3 rings (SSSR count). The largest absolute Gasteiger partial charge is 0.274 e. The highest BCUT2D eigenvalue weighted by Gasteiger charge is 2.40. The fourth-order valence-corrected chi connectivity index (χ4v) is 2.89. The second-order valence-electron chi connectivity index (χ2n) is 4.27. The minimum absolute atomic E-state index is 0.0181. The number of thioether (sulfide) groups is 1. The summed E-state index contributed by atoms with van der Waals surface area (Å²) in [4.78, 5) is 28.9. The number of aromatic amines is 1. The van der Waals surface area contributed by atoms with Gasteiger partial charge in [0.2, 0.25) is 11.8 Å². The number of hydrogen-bond donors (Lipinski definition) is 1. The third-order valence-electron chi connectivity index (χ3n) is 2.91. The van der Waals surface area contributed by atoms with E-state index in [0.29, 0.717) is 5.16 Å². The fourth-order valence-electron chi connectivity index (χ4n) is 1.98. The van der Waals surface area contributed by atoms with E-state index in [9.17, 15) is 18.4 Å². The lowest BCUT2D eigenvalue weighted by atomic mass is 10.3. The predicted molar refractivity (Wildman–Crippen MR) is 69.5 cm³/mol. The summed E-state index contributed by atoms with van der Waals surface area (Å²) in [6.07, 6.45) is 1.25. The second kappa shape index (κ2) is 5.24. The maximum absolute atomic E-state index is 13.2. The Balaban J connectivity index is 1.84. The van der Waals surface area contributed by atoms with Crippen LogP contribution in [0.15, 0.2) is 29.7 Å². The monoisotopic (exact) mass is 310 g/mol. The van der Waals surface area contributed by atoms with Crippen LogP contribution in [-0.2, 0) is 9.59 Å². The van der Waals surface area contributed by atoms with Crippen LogP contribution in [0.3, 0.4) is 0 Å². The van der Waals surface area contributed by atoms with Crippen LogP contribution in [0.2, 0.25) is 0 Å². The lowest BCUT2D eigenvalue weighted by molar-refractivity contribution is -0.121. The zero-order valence-corrected chi connectivity index (χ0v) is 11.2. The molecule has 9 heteroatoms. The summed E-state index contributed by atoms with van der Waals surface area (Å²) >= 11 is 1.07. The van der Waals surface area contributed by atoms with Gasteiger partial charge >= 0.3 is 0 Å². The molecule has 0 unspecified atom stereocenters. The maximum Gasteiger partial charge on any atom is 0.247 e. The van der Waals surface area contributed by atoms with Gasteiger partial charge in [0.25, 0.3) is 0 Å². The van der Waals surface area contributed by atoms with E-state index in [4.69, 9.17) is 0 Å². The number of amides is 2. The normalized spacial score (nSPS) is 18.6. The molecule has 1 N–H and O–H groups in total. The number of rotatable bonds is 3. The van der Waals surface area contributed by atoms with Gasteiger partial charge in [-0.1, -0.05) is 11.8 Å². The number of carbonyl (C=O) groups excluding carboxylic acids is 2. The van der Waals surface area contributed by atoms with Crippen LogP contribution in [0, 0.1) is 11.6 Å². The van der Waals surface area contributed by atoms with Crippen molar-refractivity contribution in [3.05, 3.63) is 36.2 Å². The van der Waals surface area contributed by atoms with Crippen molar-refractivity contribution in [2.24, 2.45) is 0 Å². The van der Waals surface area contributed by atoms with E-state index in [1.807, 2.05) is 0 Å². The van der Waals surface area contributed by atoms with Crippen LogP contribution in [0.4, 0.5) is 14.5 Å². The zero-order chi connectivity index (χ0) is 15.0. The van der Waals surface area contributed by atoms with Crippen LogP contribution >= 0.6 is 11.8 Å². The van der Waals surface area contributed by atoms with Gasteiger partial charge in [-0.3, -0.25) is 14.7 Å². The van der Waals surface area contributed by atoms with Gasteiger partial charge in [0, 0.05) is 12.5 Å². The number of anilines is 1. The maximum atomic E-state index is 13.2. The number of halogens is 2. The first kappa shape index (κ1) is 13.7. The van der Waals surface area contributed by atoms with Crippen LogP contribution < -0.4 is 4.90 Å². The van der Waals surface area contributed by atoms with E-state index in [-0.39, 0.29) is 12.1 Å². The van der Waals surface area contributed by atoms with Crippen molar-refractivity contribution in [1.29, 1.82) is 0 Å². The number of carbonyl (C=O) groups is 2. The molecule has 0 spiro atoms. The first-order chi connectivity index (χ1) is 10.1. The topological polar surface area (TPSA) is 79.0 Å². The third kappa shape index (κ3) is 2.51. The molecule has 2 aromatic rings. The highest BCUT2D eigenvalue weighted by molar-refractivity contribution is 8.00. The molecule has 0 aliphatic carbocycles. The van der Waals surface area contributed by atoms with Crippen molar-refractivity contribution in [2.45, 2.75) is 16.8 Å². The van der Waals surface area contributed by atoms with Crippen molar-refractivity contribution >= 4 is 29.3 Å². The van der Waals surface area contributed by atoms with E-state index in [0.717, 1.165) is 28.8 Å². The number of benzene rings is 1. The Kier molecular flexibility index (Phi) is 3.42. The number of H-pyrrole nitrogens is 1. The van der Waals surface area contributed by atoms with Gasteiger partial charge in [-0.2, -0.15) is 5.10 Å². The molecular formula is C12H8F2N4O2S. The molecule has 2 amide bonds. The molecule has 2 heterocycles. The lowest BCUT2D eigenvalue weighted by Gasteiger charge is -2.14. The molecule has 108 valence electrons. The van der Waals surface area contributed by atoms with Gasteiger partial charge in [0.05, 0.1) is 5.69 Å². The van der Waals surface area contributed by atoms with Crippen LogP contribution in [0.1, 0.15) is 6.42 Å². The summed E-state index contributed by atoms with van der Waals surface area (Å²) in [5, 5.41) is 5.97. The molecule has 0 radical (unpaired) electrons. The van der Waals surface area contributed by atoms with Crippen LogP contribution in [-0.4, -0.2) is 32.2 Å². The van der Waals surface area contributed by atoms with Gasteiger partial charge in [0.1, 0.15) is 11.6 Å². The van der Waals surface area contributed by atoms with E-state index >= 15 is 0 Å². The van der Waals surface area contributed by atoms with E-state index in [1.165, 1.54) is 12.4 Å². The molecule has 1 atom stereocenters.